The van der Waals surface area contributed by atoms with E-state index in [-0.39, 0.29) is 66.8 Å². The number of hydrogen-bond acceptors (Lipinski definition) is 10. The van der Waals surface area contributed by atoms with Crippen LogP contribution in [0.15, 0.2) is 58.5 Å². The van der Waals surface area contributed by atoms with E-state index >= 15 is 0 Å². The summed E-state index contributed by atoms with van der Waals surface area (Å²) in [4.78, 5) is 17.9. The van der Waals surface area contributed by atoms with Crippen molar-refractivity contribution in [3.05, 3.63) is 87.0 Å². The lowest BCUT2D eigenvalue weighted by atomic mass is 10.00. The molecule has 3 heterocycles. The SMILES string of the molecule is N/C(C(=O)c1c(-c2ccccc2Cl)noc1CN1CCOCC1)=C(\N(N)Cc1cc(C(F)(F)F)cc(C(F)(F)F)c1)N1CCOCC1. The first-order valence-corrected chi connectivity index (χ1v) is 14.8. The molecule has 2 aliphatic heterocycles. The topological polar surface area (TPSA) is 123 Å². The molecular weight excluding hydrogens is 658 g/mol. The smallest absolute Gasteiger partial charge is 0.393 e. The number of allylic oxidation sites excluding steroid dienone is 1. The molecule has 5 rings (SSSR count). The van der Waals surface area contributed by atoms with Crippen molar-refractivity contribution in [3.63, 3.8) is 0 Å². The molecule has 254 valence electrons. The number of benzene rings is 2. The van der Waals surface area contributed by atoms with Gasteiger partial charge >= 0.3 is 12.4 Å². The highest BCUT2D eigenvalue weighted by Gasteiger charge is 2.38. The molecule has 0 radical (unpaired) electrons. The molecule has 2 saturated heterocycles. The summed E-state index contributed by atoms with van der Waals surface area (Å²) in [5.74, 6) is 5.65. The van der Waals surface area contributed by atoms with Gasteiger partial charge in [-0.25, -0.2) is 5.84 Å². The fraction of sp³-hybridized carbons (Fsp3) is 0.400. The van der Waals surface area contributed by atoms with Gasteiger partial charge in [-0.15, -0.1) is 0 Å². The molecule has 10 nitrogen and oxygen atoms in total. The summed E-state index contributed by atoms with van der Waals surface area (Å²) in [6, 6.07) is 7.79. The third kappa shape index (κ3) is 8.01. The van der Waals surface area contributed by atoms with E-state index in [1.807, 2.05) is 4.90 Å². The van der Waals surface area contributed by atoms with Gasteiger partial charge in [0.05, 0.1) is 61.2 Å². The van der Waals surface area contributed by atoms with Crippen LogP contribution >= 0.6 is 11.6 Å². The van der Waals surface area contributed by atoms with Crippen LogP contribution < -0.4 is 11.6 Å². The summed E-state index contributed by atoms with van der Waals surface area (Å²) >= 11 is 6.46. The lowest BCUT2D eigenvalue weighted by Gasteiger charge is -2.36. The number of ketones is 1. The fourth-order valence-electron chi connectivity index (χ4n) is 5.37. The largest absolute Gasteiger partial charge is 0.416 e. The number of carbonyl (C=O) groups excluding carboxylic acids is 1. The van der Waals surface area contributed by atoms with Gasteiger partial charge in [0.15, 0.2) is 5.76 Å². The maximum Gasteiger partial charge on any atom is 0.416 e. The van der Waals surface area contributed by atoms with Gasteiger partial charge in [0, 0.05) is 31.7 Å². The Morgan fingerprint density at radius 2 is 1.49 bits per heavy atom. The average Bonchev–Trinajstić information content (AvgIpc) is 3.43. The highest BCUT2D eigenvalue weighted by atomic mass is 35.5. The number of nitrogens with zero attached hydrogens (tertiary/aromatic N) is 4. The zero-order valence-electron chi connectivity index (χ0n) is 24.8. The first kappa shape index (κ1) is 34.5. The molecule has 0 bridgehead atoms. The minimum Gasteiger partial charge on any atom is -0.393 e. The van der Waals surface area contributed by atoms with Gasteiger partial charge in [-0.1, -0.05) is 35.0 Å². The number of Topliss-reactive ketones (excluding diaryl/α,β-unsaturated/α-hetero) is 1. The van der Waals surface area contributed by atoms with E-state index in [9.17, 15) is 31.1 Å². The molecule has 3 aromatic rings. The molecule has 2 aromatic carbocycles. The van der Waals surface area contributed by atoms with Crippen molar-refractivity contribution in [1.29, 1.82) is 0 Å². The molecule has 47 heavy (non-hydrogen) atoms. The monoisotopic (exact) mass is 688 g/mol. The Morgan fingerprint density at radius 3 is 2.06 bits per heavy atom. The van der Waals surface area contributed by atoms with E-state index < -0.39 is 47.1 Å². The number of carbonyl (C=O) groups is 1. The van der Waals surface area contributed by atoms with Gasteiger partial charge in [0.25, 0.3) is 0 Å². The quantitative estimate of drug-likeness (QED) is 0.106. The van der Waals surface area contributed by atoms with Gasteiger partial charge < -0.3 is 24.6 Å². The van der Waals surface area contributed by atoms with E-state index in [4.69, 9.17) is 37.2 Å². The lowest BCUT2D eigenvalue weighted by molar-refractivity contribution is -0.143. The molecule has 1 aromatic heterocycles. The molecule has 0 spiro atoms. The minimum atomic E-state index is -5.06. The fourth-order valence-corrected chi connectivity index (χ4v) is 5.59. The van der Waals surface area contributed by atoms with Crippen molar-refractivity contribution in [2.24, 2.45) is 11.6 Å². The highest BCUT2D eigenvalue weighted by molar-refractivity contribution is 6.33. The Hall–Kier alpha value is -3.83. The Balaban J connectivity index is 1.59. The second kappa shape index (κ2) is 14.1. The molecule has 0 amide bonds. The Labute approximate surface area is 270 Å². The number of nitrogens with two attached hydrogens (primary N) is 2. The number of rotatable bonds is 9. The van der Waals surface area contributed by atoms with Crippen LogP contribution in [-0.4, -0.2) is 78.4 Å². The van der Waals surface area contributed by atoms with Crippen LogP contribution in [0.2, 0.25) is 5.02 Å². The summed E-state index contributed by atoms with van der Waals surface area (Å²) in [5.41, 5.74) is 3.18. The molecule has 0 atom stereocenters. The van der Waals surface area contributed by atoms with Crippen molar-refractivity contribution >= 4 is 17.4 Å². The molecule has 0 saturated carbocycles. The van der Waals surface area contributed by atoms with Crippen LogP contribution in [0.4, 0.5) is 26.3 Å². The van der Waals surface area contributed by atoms with E-state index in [0.29, 0.717) is 44.0 Å². The molecule has 0 unspecified atom stereocenters. The summed E-state index contributed by atoms with van der Waals surface area (Å²) in [6.45, 7) is 2.28. The summed E-state index contributed by atoms with van der Waals surface area (Å²) < 4.78 is 98.0. The number of ether oxygens (including phenoxy) is 2. The number of aromatic nitrogens is 1. The number of morpholine rings is 2. The second-order valence-corrected chi connectivity index (χ2v) is 11.3. The van der Waals surface area contributed by atoms with E-state index in [1.165, 1.54) is 0 Å². The van der Waals surface area contributed by atoms with Gasteiger partial charge in [-0.2, -0.15) is 26.3 Å². The number of hydrogen-bond donors (Lipinski definition) is 2. The molecule has 2 aliphatic rings. The standard InChI is InChI=1S/C30H31ClF6N6O4/c31-22-4-2-1-3-21(22)26-24(23(47-40-26)17-41-5-9-45-10-6-41)27(44)25(38)28(42-7-11-46-12-8-42)43(39)16-18-13-19(29(32,33)34)15-20(14-18)30(35,36)37/h1-4,13-15H,5-12,16-17,38-39H2/b28-25-. The molecule has 2 fully saturated rings. The van der Waals surface area contributed by atoms with Crippen molar-refractivity contribution < 1.29 is 45.1 Å². The molecule has 17 heteroatoms. The number of halogens is 7. The predicted octanol–water partition coefficient (Wildman–Crippen LogP) is 4.88. The summed E-state index contributed by atoms with van der Waals surface area (Å²) in [7, 11) is 0. The van der Waals surface area contributed by atoms with Crippen LogP contribution in [0.3, 0.4) is 0 Å². The van der Waals surface area contributed by atoms with Crippen LogP contribution in [-0.2, 0) is 34.9 Å². The van der Waals surface area contributed by atoms with Crippen LogP contribution in [0.5, 0.6) is 0 Å². The zero-order chi connectivity index (χ0) is 33.9. The molecule has 0 aliphatic carbocycles. The Bertz CT molecular complexity index is 1580. The van der Waals surface area contributed by atoms with Crippen molar-refractivity contribution in [2.45, 2.75) is 25.4 Å². The van der Waals surface area contributed by atoms with E-state index in [2.05, 4.69) is 5.16 Å². The Morgan fingerprint density at radius 1 is 0.915 bits per heavy atom. The maximum atomic E-state index is 14.4. The summed E-state index contributed by atoms with van der Waals surface area (Å²) in [5, 5.41) is 5.29. The van der Waals surface area contributed by atoms with Gasteiger partial charge in [-0.3, -0.25) is 14.7 Å². The van der Waals surface area contributed by atoms with Crippen LogP contribution in [0.25, 0.3) is 11.3 Å². The third-order valence-corrected chi connectivity index (χ3v) is 7.99. The van der Waals surface area contributed by atoms with Crippen LogP contribution in [0, 0.1) is 0 Å². The van der Waals surface area contributed by atoms with Crippen molar-refractivity contribution in [1.82, 2.24) is 20.0 Å². The molecular formula is C30H31ClF6N6O4. The highest BCUT2D eigenvalue weighted by Crippen LogP contribution is 2.37. The first-order chi connectivity index (χ1) is 22.2. The lowest BCUT2D eigenvalue weighted by Crippen LogP contribution is -2.47. The number of hydrazine groups is 1. The minimum absolute atomic E-state index is 0.0142. The van der Waals surface area contributed by atoms with Crippen molar-refractivity contribution in [2.75, 3.05) is 52.6 Å². The zero-order valence-corrected chi connectivity index (χ0v) is 25.6. The third-order valence-electron chi connectivity index (χ3n) is 7.66. The normalized spacial score (nSPS) is 17.1. The first-order valence-electron chi connectivity index (χ1n) is 14.4. The van der Waals surface area contributed by atoms with Crippen LogP contribution in [0.1, 0.15) is 32.8 Å². The second-order valence-electron chi connectivity index (χ2n) is 10.9. The summed E-state index contributed by atoms with van der Waals surface area (Å²) in [6.07, 6.45) is -10.1. The number of alkyl halides is 6. The van der Waals surface area contributed by atoms with Crippen molar-refractivity contribution in [3.8, 4) is 11.3 Å². The van der Waals surface area contributed by atoms with Gasteiger partial charge in [-0.05, 0) is 29.8 Å². The predicted molar refractivity (Wildman–Crippen MR) is 157 cm³/mol. The van der Waals surface area contributed by atoms with Gasteiger partial charge in [0.1, 0.15) is 17.2 Å². The maximum absolute atomic E-state index is 14.4. The van der Waals surface area contributed by atoms with Gasteiger partial charge in [0.2, 0.25) is 5.78 Å². The van der Waals surface area contributed by atoms with E-state index in [0.717, 1.165) is 5.01 Å². The Kier molecular flexibility index (Phi) is 10.4. The average molecular weight is 689 g/mol. The van der Waals surface area contributed by atoms with E-state index in [1.54, 1.807) is 29.2 Å². The molecule has 4 N–H and O–H groups in total.